The zero-order valence-electron chi connectivity index (χ0n) is 12.7. The van der Waals surface area contributed by atoms with Gasteiger partial charge in [-0.2, -0.15) is 4.52 Å². The molecule has 0 aliphatic rings. The van der Waals surface area contributed by atoms with Crippen LogP contribution < -0.4 is 0 Å². The molecule has 0 atom stereocenters. The Hall–Kier alpha value is -2.47. The first-order valence-corrected chi connectivity index (χ1v) is 8.54. The molecule has 114 valence electrons. The van der Waals surface area contributed by atoms with E-state index in [0.717, 1.165) is 39.4 Å². The number of thioether (sulfide) groups is 1. The van der Waals surface area contributed by atoms with E-state index in [4.69, 9.17) is 9.97 Å². The Labute approximate surface area is 137 Å². The van der Waals surface area contributed by atoms with Gasteiger partial charge in [0.05, 0.1) is 5.52 Å². The van der Waals surface area contributed by atoms with E-state index < -0.39 is 0 Å². The van der Waals surface area contributed by atoms with Crippen LogP contribution in [-0.2, 0) is 0 Å². The molecule has 0 amide bonds. The fourth-order valence-electron chi connectivity index (χ4n) is 2.44. The molecule has 23 heavy (non-hydrogen) atoms. The minimum atomic E-state index is 0.698. The third-order valence-corrected chi connectivity index (χ3v) is 4.66. The number of nitrogens with zero attached hydrogens (tertiary/aromatic N) is 5. The summed E-state index contributed by atoms with van der Waals surface area (Å²) in [5.41, 5.74) is 2.76. The summed E-state index contributed by atoms with van der Waals surface area (Å²) in [5.74, 6) is 1.70. The zero-order valence-corrected chi connectivity index (χ0v) is 13.5. The highest BCUT2D eigenvalue weighted by Crippen LogP contribution is 2.26. The van der Waals surface area contributed by atoms with Crippen LogP contribution in [0.4, 0.5) is 0 Å². The van der Waals surface area contributed by atoms with E-state index in [1.54, 1.807) is 24.2 Å². The number of hydrogen-bond acceptors (Lipinski definition) is 5. The molecule has 0 aliphatic carbocycles. The molecule has 0 spiro atoms. The first-order valence-electron chi connectivity index (χ1n) is 7.55. The van der Waals surface area contributed by atoms with Gasteiger partial charge in [-0.25, -0.2) is 9.97 Å². The van der Waals surface area contributed by atoms with Gasteiger partial charge in [0.2, 0.25) is 0 Å². The maximum atomic E-state index is 4.76. The standard InChI is InChI=1S/C17H15N5S/c1-2-11-23-17-19-14-6-4-3-5-13(14)16-20-15(21-22(16)17)12-7-9-18-10-8-12/h3-10H,2,11H2,1H3. The van der Waals surface area contributed by atoms with Gasteiger partial charge < -0.3 is 0 Å². The molecule has 3 heterocycles. The van der Waals surface area contributed by atoms with Gasteiger partial charge in [-0.3, -0.25) is 4.98 Å². The van der Waals surface area contributed by atoms with Crippen molar-refractivity contribution in [1.29, 1.82) is 0 Å². The van der Waals surface area contributed by atoms with E-state index in [1.165, 1.54) is 0 Å². The summed E-state index contributed by atoms with van der Waals surface area (Å²) < 4.78 is 1.86. The number of hydrogen-bond donors (Lipinski definition) is 0. The predicted octanol–water partition coefficient (Wildman–Crippen LogP) is 3.84. The number of aromatic nitrogens is 5. The van der Waals surface area contributed by atoms with Crippen LogP contribution in [0, 0.1) is 0 Å². The number of fused-ring (bicyclic) bond motifs is 3. The fraction of sp³-hybridized carbons (Fsp3) is 0.176. The third kappa shape index (κ3) is 2.55. The molecule has 0 saturated heterocycles. The second-order valence-corrected chi connectivity index (χ2v) is 6.23. The molecule has 0 radical (unpaired) electrons. The fourth-order valence-corrected chi connectivity index (χ4v) is 3.24. The van der Waals surface area contributed by atoms with Crippen LogP contribution in [0.15, 0.2) is 53.9 Å². The molecule has 4 aromatic rings. The molecule has 6 heteroatoms. The molecule has 0 aliphatic heterocycles. The molecule has 0 fully saturated rings. The van der Waals surface area contributed by atoms with Gasteiger partial charge in [0.25, 0.3) is 0 Å². The molecule has 4 rings (SSSR count). The third-order valence-electron chi connectivity index (χ3n) is 3.52. The van der Waals surface area contributed by atoms with Gasteiger partial charge in [-0.1, -0.05) is 30.8 Å². The highest BCUT2D eigenvalue weighted by molar-refractivity contribution is 7.99. The van der Waals surface area contributed by atoms with Crippen molar-refractivity contribution < 1.29 is 0 Å². The lowest BCUT2D eigenvalue weighted by molar-refractivity contribution is 0.810. The van der Waals surface area contributed by atoms with Crippen LogP contribution in [0.5, 0.6) is 0 Å². The lowest BCUT2D eigenvalue weighted by Gasteiger charge is -2.04. The molecule has 0 bridgehead atoms. The summed E-state index contributed by atoms with van der Waals surface area (Å²) in [6.45, 7) is 2.16. The molecule has 1 aromatic carbocycles. The predicted molar refractivity (Wildman–Crippen MR) is 92.5 cm³/mol. The molecule has 3 aromatic heterocycles. The minimum Gasteiger partial charge on any atom is -0.265 e. The highest BCUT2D eigenvalue weighted by Gasteiger charge is 2.14. The Kier molecular flexibility index (Phi) is 3.67. The Balaban J connectivity index is 1.98. The Bertz CT molecular complexity index is 965. The topological polar surface area (TPSA) is 56.0 Å². The molecule has 0 N–H and O–H groups in total. The second kappa shape index (κ2) is 5.96. The van der Waals surface area contributed by atoms with Crippen LogP contribution >= 0.6 is 11.8 Å². The van der Waals surface area contributed by atoms with Crippen molar-refractivity contribution in [3.63, 3.8) is 0 Å². The normalized spacial score (nSPS) is 11.3. The summed E-state index contributed by atoms with van der Waals surface area (Å²) >= 11 is 1.71. The summed E-state index contributed by atoms with van der Waals surface area (Å²) in [4.78, 5) is 13.6. The van der Waals surface area contributed by atoms with Crippen LogP contribution in [0.2, 0.25) is 0 Å². The van der Waals surface area contributed by atoms with E-state index in [2.05, 4.69) is 17.0 Å². The van der Waals surface area contributed by atoms with Crippen LogP contribution in [-0.4, -0.2) is 30.3 Å². The monoisotopic (exact) mass is 321 g/mol. The van der Waals surface area contributed by atoms with E-state index in [-0.39, 0.29) is 0 Å². The first kappa shape index (κ1) is 14.1. The van der Waals surface area contributed by atoms with Gasteiger partial charge in [0.15, 0.2) is 16.6 Å². The molecule has 0 saturated carbocycles. The average Bonchev–Trinajstić information content (AvgIpc) is 3.06. The van der Waals surface area contributed by atoms with Crippen LogP contribution in [0.1, 0.15) is 13.3 Å². The minimum absolute atomic E-state index is 0.698. The number of benzene rings is 1. The summed E-state index contributed by atoms with van der Waals surface area (Å²) in [6, 6.07) is 11.9. The maximum absolute atomic E-state index is 4.76. The van der Waals surface area contributed by atoms with E-state index in [0.29, 0.717) is 5.82 Å². The lowest BCUT2D eigenvalue weighted by Crippen LogP contribution is -1.98. The van der Waals surface area contributed by atoms with Crippen molar-refractivity contribution >= 4 is 28.3 Å². The molecule has 5 nitrogen and oxygen atoms in total. The number of rotatable bonds is 4. The van der Waals surface area contributed by atoms with Crippen molar-refractivity contribution in [3.8, 4) is 11.4 Å². The van der Waals surface area contributed by atoms with Crippen molar-refractivity contribution in [3.05, 3.63) is 48.8 Å². The SMILES string of the molecule is CCCSc1nc2ccccc2c2nc(-c3ccncc3)nn12. The number of para-hydroxylation sites is 1. The Morgan fingerprint density at radius 1 is 1.04 bits per heavy atom. The van der Waals surface area contributed by atoms with Gasteiger partial charge in [0.1, 0.15) is 0 Å². The smallest absolute Gasteiger partial charge is 0.191 e. The largest absolute Gasteiger partial charge is 0.265 e. The van der Waals surface area contributed by atoms with E-state index >= 15 is 0 Å². The molecular formula is C17H15N5S. The first-order chi connectivity index (χ1) is 11.4. The summed E-state index contributed by atoms with van der Waals surface area (Å²) in [7, 11) is 0. The van der Waals surface area contributed by atoms with Gasteiger partial charge >= 0.3 is 0 Å². The Morgan fingerprint density at radius 2 is 1.87 bits per heavy atom. The second-order valence-electron chi connectivity index (χ2n) is 5.17. The lowest BCUT2D eigenvalue weighted by atomic mass is 10.2. The van der Waals surface area contributed by atoms with Gasteiger partial charge in [0, 0.05) is 29.1 Å². The highest BCUT2D eigenvalue weighted by atomic mass is 32.2. The van der Waals surface area contributed by atoms with Gasteiger partial charge in [-0.05, 0) is 30.7 Å². The molecular weight excluding hydrogens is 306 g/mol. The van der Waals surface area contributed by atoms with E-state index in [1.807, 2.05) is 40.9 Å². The van der Waals surface area contributed by atoms with Crippen molar-refractivity contribution in [2.75, 3.05) is 5.75 Å². The zero-order chi connectivity index (χ0) is 15.6. The molecule has 0 unspecified atom stereocenters. The van der Waals surface area contributed by atoms with Crippen molar-refractivity contribution in [1.82, 2.24) is 24.6 Å². The van der Waals surface area contributed by atoms with Crippen molar-refractivity contribution in [2.45, 2.75) is 18.5 Å². The Morgan fingerprint density at radius 3 is 2.70 bits per heavy atom. The summed E-state index contributed by atoms with van der Waals surface area (Å²) in [6.07, 6.45) is 4.60. The quantitative estimate of drug-likeness (QED) is 0.422. The van der Waals surface area contributed by atoms with Crippen LogP contribution in [0.25, 0.3) is 27.9 Å². The van der Waals surface area contributed by atoms with Gasteiger partial charge in [-0.15, -0.1) is 5.10 Å². The summed E-state index contributed by atoms with van der Waals surface area (Å²) in [5, 5.41) is 6.58. The van der Waals surface area contributed by atoms with E-state index in [9.17, 15) is 0 Å². The maximum Gasteiger partial charge on any atom is 0.191 e. The average molecular weight is 321 g/mol. The number of pyridine rings is 1. The van der Waals surface area contributed by atoms with Crippen LogP contribution in [0.3, 0.4) is 0 Å². The van der Waals surface area contributed by atoms with Crippen molar-refractivity contribution in [2.24, 2.45) is 0 Å².